The molecule has 1 heterocycles. The van der Waals surface area contributed by atoms with Crippen LogP contribution in [0.25, 0.3) is 0 Å². The summed E-state index contributed by atoms with van der Waals surface area (Å²) in [5.41, 5.74) is 6.03. The Bertz CT molecular complexity index is 473. The fraction of sp³-hybridized carbons (Fsp3) is 0.182. The van der Waals surface area contributed by atoms with E-state index in [4.69, 9.17) is 10.5 Å². The van der Waals surface area contributed by atoms with Crippen molar-refractivity contribution >= 4 is 16.5 Å². The van der Waals surface area contributed by atoms with Crippen LogP contribution in [0.15, 0.2) is 30.5 Å². The zero-order valence-electron chi connectivity index (χ0n) is 8.52. The van der Waals surface area contributed by atoms with Crippen LogP contribution in [-0.4, -0.2) is 4.98 Å². The largest absolute Gasteiger partial charge is 0.375 e. The van der Waals surface area contributed by atoms with Gasteiger partial charge in [0.25, 0.3) is 0 Å². The van der Waals surface area contributed by atoms with Crippen LogP contribution in [0.3, 0.4) is 0 Å². The molecule has 0 atom stereocenters. The van der Waals surface area contributed by atoms with Gasteiger partial charge in [-0.3, -0.25) is 0 Å². The third kappa shape index (κ3) is 2.77. The van der Waals surface area contributed by atoms with E-state index in [1.165, 1.54) is 17.4 Å². The van der Waals surface area contributed by atoms with Crippen LogP contribution in [-0.2, 0) is 18.0 Å². The SMILES string of the molecule is Nc1ncc(COCc2ccccc2F)s1. The zero-order valence-corrected chi connectivity index (χ0v) is 9.34. The van der Waals surface area contributed by atoms with E-state index in [1.807, 2.05) is 0 Å². The van der Waals surface area contributed by atoms with Crippen molar-refractivity contribution in [3.05, 3.63) is 46.7 Å². The number of halogens is 1. The van der Waals surface area contributed by atoms with Gasteiger partial charge in [-0.25, -0.2) is 9.37 Å². The second-order valence-corrected chi connectivity index (χ2v) is 4.40. The molecule has 84 valence electrons. The van der Waals surface area contributed by atoms with Crippen molar-refractivity contribution in [2.24, 2.45) is 0 Å². The van der Waals surface area contributed by atoms with Gasteiger partial charge >= 0.3 is 0 Å². The molecule has 1 aromatic heterocycles. The fourth-order valence-corrected chi connectivity index (χ4v) is 1.89. The molecule has 0 amide bonds. The van der Waals surface area contributed by atoms with Gasteiger partial charge in [-0.2, -0.15) is 0 Å². The van der Waals surface area contributed by atoms with E-state index in [1.54, 1.807) is 24.4 Å². The topological polar surface area (TPSA) is 48.1 Å². The lowest BCUT2D eigenvalue weighted by Crippen LogP contribution is -1.95. The molecule has 2 N–H and O–H groups in total. The van der Waals surface area contributed by atoms with Gasteiger partial charge in [-0.1, -0.05) is 29.5 Å². The lowest BCUT2D eigenvalue weighted by Gasteiger charge is -2.03. The molecule has 0 unspecified atom stereocenters. The van der Waals surface area contributed by atoms with Gasteiger partial charge in [-0.15, -0.1) is 0 Å². The van der Waals surface area contributed by atoms with Crippen molar-refractivity contribution in [1.82, 2.24) is 4.98 Å². The van der Waals surface area contributed by atoms with Gasteiger partial charge in [0.05, 0.1) is 18.1 Å². The summed E-state index contributed by atoms with van der Waals surface area (Å²) in [7, 11) is 0. The Morgan fingerprint density at radius 3 is 2.81 bits per heavy atom. The van der Waals surface area contributed by atoms with Gasteiger partial charge < -0.3 is 10.5 Å². The third-order valence-corrected chi connectivity index (χ3v) is 2.83. The van der Waals surface area contributed by atoms with E-state index in [9.17, 15) is 4.39 Å². The molecule has 1 aromatic carbocycles. The molecular formula is C11H11FN2OS. The number of aromatic nitrogens is 1. The van der Waals surface area contributed by atoms with Crippen molar-refractivity contribution in [1.29, 1.82) is 0 Å². The third-order valence-electron chi connectivity index (χ3n) is 2.03. The number of nitrogens with zero attached hydrogens (tertiary/aromatic N) is 1. The maximum Gasteiger partial charge on any atom is 0.180 e. The molecule has 0 spiro atoms. The molecule has 3 nitrogen and oxygen atoms in total. The number of nitrogens with two attached hydrogens (primary N) is 1. The van der Waals surface area contributed by atoms with E-state index in [0.29, 0.717) is 17.3 Å². The highest BCUT2D eigenvalue weighted by atomic mass is 32.1. The van der Waals surface area contributed by atoms with Crippen molar-refractivity contribution in [3.8, 4) is 0 Å². The Morgan fingerprint density at radius 2 is 2.12 bits per heavy atom. The number of ether oxygens (including phenoxy) is 1. The minimum absolute atomic E-state index is 0.244. The van der Waals surface area contributed by atoms with Gasteiger partial charge in [0.15, 0.2) is 5.13 Å². The molecule has 0 saturated carbocycles. The highest BCUT2D eigenvalue weighted by Crippen LogP contribution is 2.16. The van der Waals surface area contributed by atoms with E-state index in [-0.39, 0.29) is 12.4 Å². The first-order valence-electron chi connectivity index (χ1n) is 4.77. The van der Waals surface area contributed by atoms with Crippen molar-refractivity contribution in [2.75, 3.05) is 5.73 Å². The summed E-state index contributed by atoms with van der Waals surface area (Å²) in [5.74, 6) is -0.244. The van der Waals surface area contributed by atoms with Crippen molar-refractivity contribution in [2.45, 2.75) is 13.2 Å². The Kier molecular flexibility index (Phi) is 3.48. The molecule has 0 bridgehead atoms. The van der Waals surface area contributed by atoms with Gasteiger partial charge in [0.2, 0.25) is 0 Å². The number of rotatable bonds is 4. The zero-order chi connectivity index (χ0) is 11.4. The summed E-state index contributed by atoms with van der Waals surface area (Å²) in [6, 6.07) is 6.56. The molecule has 0 radical (unpaired) electrons. The lowest BCUT2D eigenvalue weighted by atomic mass is 10.2. The van der Waals surface area contributed by atoms with Crippen LogP contribution >= 0.6 is 11.3 Å². The van der Waals surface area contributed by atoms with E-state index < -0.39 is 0 Å². The molecule has 16 heavy (non-hydrogen) atoms. The maximum atomic E-state index is 13.2. The minimum atomic E-state index is -0.244. The van der Waals surface area contributed by atoms with Crippen molar-refractivity contribution < 1.29 is 9.13 Å². The summed E-state index contributed by atoms with van der Waals surface area (Å²) in [6.07, 6.45) is 1.67. The molecule has 5 heteroatoms. The number of hydrogen-bond acceptors (Lipinski definition) is 4. The standard InChI is InChI=1S/C11H11FN2OS/c12-10-4-2-1-3-8(10)6-15-7-9-5-14-11(13)16-9/h1-5H,6-7H2,(H2,13,14). The lowest BCUT2D eigenvalue weighted by molar-refractivity contribution is 0.107. The molecule has 0 saturated heterocycles. The average molecular weight is 238 g/mol. The minimum Gasteiger partial charge on any atom is -0.375 e. The van der Waals surface area contributed by atoms with Crippen LogP contribution in [0.4, 0.5) is 9.52 Å². The van der Waals surface area contributed by atoms with Crippen LogP contribution in [0.5, 0.6) is 0 Å². The summed E-state index contributed by atoms with van der Waals surface area (Å²) < 4.78 is 18.6. The monoisotopic (exact) mass is 238 g/mol. The summed E-state index contributed by atoms with van der Waals surface area (Å²) in [5, 5.41) is 0.518. The van der Waals surface area contributed by atoms with Crippen LogP contribution in [0, 0.1) is 5.82 Å². The first kappa shape index (κ1) is 11.0. The molecule has 0 aliphatic rings. The van der Waals surface area contributed by atoms with Crippen LogP contribution in [0.2, 0.25) is 0 Å². The quantitative estimate of drug-likeness (QED) is 0.890. The molecular weight excluding hydrogens is 227 g/mol. The second kappa shape index (κ2) is 5.05. The van der Waals surface area contributed by atoms with E-state index >= 15 is 0 Å². The normalized spacial score (nSPS) is 10.6. The number of nitrogen functional groups attached to an aromatic ring is 1. The van der Waals surface area contributed by atoms with E-state index in [2.05, 4.69) is 4.98 Å². The van der Waals surface area contributed by atoms with E-state index in [0.717, 1.165) is 4.88 Å². The summed E-state index contributed by atoms with van der Waals surface area (Å²) in [6.45, 7) is 0.660. The Labute approximate surface area is 96.7 Å². The molecule has 2 rings (SSSR count). The van der Waals surface area contributed by atoms with Gasteiger partial charge in [-0.05, 0) is 6.07 Å². The first-order chi connectivity index (χ1) is 7.75. The number of benzene rings is 1. The highest BCUT2D eigenvalue weighted by molar-refractivity contribution is 7.15. The number of anilines is 1. The number of hydrogen-bond donors (Lipinski definition) is 1. The number of thiazole rings is 1. The highest BCUT2D eigenvalue weighted by Gasteiger charge is 2.02. The summed E-state index contributed by atoms with van der Waals surface area (Å²) in [4.78, 5) is 4.84. The second-order valence-electron chi connectivity index (χ2n) is 3.25. The van der Waals surface area contributed by atoms with Crippen LogP contribution in [0.1, 0.15) is 10.4 Å². The molecule has 0 aliphatic carbocycles. The smallest absolute Gasteiger partial charge is 0.180 e. The Hall–Kier alpha value is -1.46. The molecule has 0 aliphatic heterocycles. The van der Waals surface area contributed by atoms with Crippen molar-refractivity contribution in [3.63, 3.8) is 0 Å². The fourth-order valence-electron chi connectivity index (χ4n) is 1.27. The first-order valence-corrected chi connectivity index (χ1v) is 5.58. The molecule has 0 fully saturated rings. The molecule has 2 aromatic rings. The van der Waals surface area contributed by atoms with Crippen LogP contribution < -0.4 is 5.73 Å². The predicted octanol–water partition coefficient (Wildman–Crippen LogP) is 2.58. The summed E-state index contributed by atoms with van der Waals surface area (Å²) >= 11 is 1.37. The Balaban J connectivity index is 1.87. The predicted molar refractivity (Wildman–Crippen MR) is 61.4 cm³/mol. The average Bonchev–Trinajstić information content (AvgIpc) is 2.67. The van der Waals surface area contributed by atoms with Gasteiger partial charge in [0, 0.05) is 11.8 Å². The van der Waals surface area contributed by atoms with Gasteiger partial charge in [0.1, 0.15) is 5.82 Å². The Morgan fingerprint density at radius 1 is 1.31 bits per heavy atom. The maximum absolute atomic E-state index is 13.2.